The topological polar surface area (TPSA) is 56.1 Å². The minimum atomic E-state index is -0.271. The Morgan fingerprint density at radius 3 is 2.52 bits per heavy atom. The molecule has 3 aromatic carbocycles. The number of hydrogen-bond donors (Lipinski definition) is 1. The number of nitrogens with zero attached hydrogens (tertiary/aromatic N) is 2. The summed E-state index contributed by atoms with van der Waals surface area (Å²) in [6.07, 6.45) is 0. The minimum Gasteiger partial charge on any atom is -0.486 e. The summed E-state index contributed by atoms with van der Waals surface area (Å²) in [5.74, 6) is 1.07. The van der Waals surface area contributed by atoms with Crippen molar-refractivity contribution in [1.29, 1.82) is 0 Å². The first-order valence-corrected chi connectivity index (χ1v) is 10.2. The van der Waals surface area contributed by atoms with E-state index in [1.807, 2.05) is 54.8 Å². The molecule has 0 aliphatic rings. The fourth-order valence-electron chi connectivity index (χ4n) is 3.39. The SMILES string of the molecule is CC(C)NC(=O)c1ccc2c(c1)nc(COc1ccccc1)n2Cc1ccc(F)cc1. The number of rotatable bonds is 7. The van der Waals surface area contributed by atoms with Crippen molar-refractivity contribution in [2.45, 2.75) is 33.0 Å². The first kappa shape index (κ1) is 20.6. The van der Waals surface area contributed by atoms with Crippen LogP contribution in [-0.4, -0.2) is 21.5 Å². The highest BCUT2D eigenvalue weighted by atomic mass is 19.1. The standard InChI is InChI=1S/C25H24FN3O2/c1-17(2)27-25(30)19-10-13-23-22(14-19)28-24(16-31-21-6-4-3-5-7-21)29(23)15-18-8-11-20(26)12-9-18/h3-14,17H,15-16H2,1-2H3,(H,27,30). The van der Waals surface area contributed by atoms with E-state index in [-0.39, 0.29) is 24.4 Å². The van der Waals surface area contributed by atoms with Gasteiger partial charge in [0.05, 0.1) is 11.0 Å². The summed E-state index contributed by atoms with van der Waals surface area (Å²) in [5.41, 5.74) is 3.11. The van der Waals surface area contributed by atoms with Gasteiger partial charge in [0.2, 0.25) is 0 Å². The molecule has 0 saturated carbocycles. The largest absolute Gasteiger partial charge is 0.486 e. The van der Waals surface area contributed by atoms with Crippen LogP contribution in [0.3, 0.4) is 0 Å². The van der Waals surface area contributed by atoms with Crippen LogP contribution in [0.2, 0.25) is 0 Å². The number of hydrogen-bond acceptors (Lipinski definition) is 3. The molecule has 4 aromatic rings. The second-order valence-corrected chi connectivity index (χ2v) is 7.67. The lowest BCUT2D eigenvalue weighted by atomic mass is 10.1. The fourth-order valence-corrected chi connectivity index (χ4v) is 3.39. The maximum atomic E-state index is 13.3. The molecule has 0 radical (unpaired) electrons. The van der Waals surface area contributed by atoms with E-state index in [2.05, 4.69) is 5.32 Å². The van der Waals surface area contributed by atoms with Crippen molar-refractivity contribution in [1.82, 2.24) is 14.9 Å². The third-order valence-electron chi connectivity index (χ3n) is 4.87. The van der Waals surface area contributed by atoms with E-state index in [1.54, 1.807) is 24.3 Å². The van der Waals surface area contributed by atoms with Gasteiger partial charge in [0.1, 0.15) is 24.0 Å². The summed E-state index contributed by atoms with van der Waals surface area (Å²) in [4.78, 5) is 17.2. The Bertz CT molecular complexity index is 1180. The number of benzene rings is 3. The number of nitrogens with one attached hydrogen (secondary N) is 1. The first-order valence-electron chi connectivity index (χ1n) is 10.2. The van der Waals surface area contributed by atoms with Crippen LogP contribution in [0, 0.1) is 5.82 Å². The zero-order valence-corrected chi connectivity index (χ0v) is 17.5. The molecular weight excluding hydrogens is 393 g/mol. The normalized spacial score (nSPS) is 11.1. The lowest BCUT2D eigenvalue weighted by molar-refractivity contribution is 0.0943. The third-order valence-corrected chi connectivity index (χ3v) is 4.87. The molecule has 5 nitrogen and oxygen atoms in total. The molecule has 0 bridgehead atoms. The van der Waals surface area contributed by atoms with Gasteiger partial charge in [-0.3, -0.25) is 4.79 Å². The highest BCUT2D eigenvalue weighted by Gasteiger charge is 2.15. The van der Waals surface area contributed by atoms with E-state index in [4.69, 9.17) is 9.72 Å². The molecule has 158 valence electrons. The number of para-hydroxylation sites is 1. The van der Waals surface area contributed by atoms with Crippen molar-refractivity contribution >= 4 is 16.9 Å². The van der Waals surface area contributed by atoms with Gasteiger partial charge >= 0.3 is 0 Å². The van der Waals surface area contributed by atoms with Gasteiger partial charge in [0.15, 0.2) is 0 Å². The van der Waals surface area contributed by atoms with Crippen LogP contribution in [0.25, 0.3) is 11.0 Å². The van der Waals surface area contributed by atoms with Crippen molar-refractivity contribution in [2.24, 2.45) is 0 Å². The highest BCUT2D eigenvalue weighted by molar-refractivity contribution is 5.97. The van der Waals surface area contributed by atoms with Crippen LogP contribution in [0.1, 0.15) is 35.6 Å². The Kier molecular flexibility index (Phi) is 5.98. The Hall–Kier alpha value is -3.67. The summed E-state index contributed by atoms with van der Waals surface area (Å²) in [7, 11) is 0. The number of halogens is 1. The van der Waals surface area contributed by atoms with Crippen LogP contribution >= 0.6 is 0 Å². The van der Waals surface area contributed by atoms with E-state index in [1.165, 1.54) is 12.1 Å². The number of imidazole rings is 1. The summed E-state index contributed by atoms with van der Waals surface area (Å²) in [6, 6.07) is 21.5. The number of fused-ring (bicyclic) bond motifs is 1. The predicted molar refractivity (Wildman–Crippen MR) is 119 cm³/mol. The van der Waals surface area contributed by atoms with E-state index in [9.17, 15) is 9.18 Å². The Morgan fingerprint density at radius 1 is 1.06 bits per heavy atom. The fraction of sp³-hybridized carbons (Fsp3) is 0.200. The molecule has 31 heavy (non-hydrogen) atoms. The molecule has 0 spiro atoms. The van der Waals surface area contributed by atoms with Gasteiger partial charge < -0.3 is 14.6 Å². The van der Waals surface area contributed by atoms with Crippen LogP contribution in [0.5, 0.6) is 5.75 Å². The van der Waals surface area contributed by atoms with Gasteiger partial charge in [-0.15, -0.1) is 0 Å². The van der Waals surface area contributed by atoms with E-state index in [0.717, 1.165) is 22.7 Å². The van der Waals surface area contributed by atoms with Crippen molar-refractivity contribution in [3.8, 4) is 5.75 Å². The third kappa shape index (κ3) is 4.91. The average Bonchev–Trinajstić information content (AvgIpc) is 3.10. The van der Waals surface area contributed by atoms with E-state index >= 15 is 0 Å². The molecule has 6 heteroatoms. The Labute approximate surface area is 180 Å². The summed E-state index contributed by atoms with van der Waals surface area (Å²) in [6.45, 7) is 4.63. The van der Waals surface area contributed by atoms with Crippen LogP contribution in [0.4, 0.5) is 4.39 Å². The predicted octanol–water partition coefficient (Wildman–Crippen LogP) is 4.94. The molecule has 0 unspecified atom stereocenters. The minimum absolute atomic E-state index is 0.0501. The Morgan fingerprint density at radius 2 is 1.81 bits per heavy atom. The number of ether oxygens (including phenoxy) is 1. The number of carbonyl (C=O) groups excluding carboxylic acids is 1. The second-order valence-electron chi connectivity index (χ2n) is 7.67. The smallest absolute Gasteiger partial charge is 0.251 e. The van der Waals surface area contributed by atoms with Crippen molar-refractivity contribution < 1.29 is 13.9 Å². The maximum Gasteiger partial charge on any atom is 0.251 e. The lowest BCUT2D eigenvalue weighted by Gasteiger charge is -2.11. The molecule has 1 N–H and O–H groups in total. The monoisotopic (exact) mass is 417 g/mol. The molecule has 0 saturated heterocycles. The van der Waals surface area contributed by atoms with E-state index in [0.29, 0.717) is 17.6 Å². The number of amides is 1. The van der Waals surface area contributed by atoms with Gasteiger partial charge in [-0.2, -0.15) is 0 Å². The van der Waals surface area contributed by atoms with Gasteiger partial charge in [-0.1, -0.05) is 30.3 Å². The summed E-state index contributed by atoms with van der Waals surface area (Å²) >= 11 is 0. The van der Waals surface area contributed by atoms with Crippen LogP contribution < -0.4 is 10.1 Å². The molecule has 0 fully saturated rings. The van der Waals surface area contributed by atoms with Crippen molar-refractivity contribution in [3.05, 3.63) is 95.6 Å². The van der Waals surface area contributed by atoms with Crippen LogP contribution in [-0.2, 0) is 13.2 Å². The van der Waals surface area contributed by atoms with Gasteiger partial charge in [-0.25, -0.2) is 9.37 Å². The number of aromatic nitrogens is 2. The van der Waals surface area contributed by atoms with E-state index < -0.39 is 0 Å². The van der Waals surface area contributed by atoms with Crippen LogP contribution in [0.15, 0.2) is 72.8 Å². The van der Waals surface area contributed by atoms with Crippen molar-refractivity contribution in [2.75, 3.05) is 0 Å². The van der Waals surface area contributed by atoms with Gasteiger partial charge in [0.25, 0.3) is 5.91 Å². The Balaban J connectivity index is 1.69. The molecule has 1 heterocycles. The van der Waals surface area contributed by atoms with Gasteiger partial charge in [0, 0.05) is 18.2 Å². The highest BCUT2D eigenvalue weighted by Crippen LogP contribution is 2.22. The van der Waals surface area contributed by atoms with Gasteiger partial charge in [-0.05, 0) is 61.9 Å². The number of carbonyl (C=O) groups is 1. The maximum absolute atomic E-state index is 13.3. The molecule has 0 atom stereocenters. The quantitative estimate of drug-likeness (QED) is 0.463. The summed E-state index contributed by atoms with van der Waals surface area (Å²) < 4.78 is 21.3. The second kappa shape index (κ2) is 9.00. The average molecular weight is 417 g/mol. The first-order chi connectivity index (χ1) is 15.0. The lowest BCUT2D eigenvalue weighted by Crippen LogP contribution is -2.29. The molecule has 0 aliphatic heterocycles. The van der Waals surface area contributed by atoms with Crippen molar-refractivity contribution in [3.63, 3.8) is 0 Å². The zero-order valence-electron chi connectivity index (χ0n) is 17.5. The molecule has 4 rings (SSSR count). The molecule has 1 amide bonds. The molecule has 0 aliphatic carbocycles. The molecule has 1 aromatic heterocycles. The molecular formula is C25H24FN3O2. The zero-order chi connectivity index (χ0) is 21.8. The summed E-state index contributed by atoms with van der Waals surface area (Å²) in [5, 5.41) is 2.90.